The Balaban J connectivity index is 1.87. The van der Waals surface area contributed by atoms with Gasteiger partial charge in [0.25, 0.3) is 0 Å². The van der Waals surface area contributed by atoms with Crippen molar-refractivity contribution >= 4 is 0 Å². The second-order valence-electron chi connectivity index (χ2n) is 5.03. The molecule has 0 amide bonds. The highest BCUT2D eigenvalue weighted by atomic mass is 19.1. The van der Waals surface area contributed by atoms with Gasteiger partial charge in [0, 0.05) is 6.04 Å². The van der Waals surface area contributed by atoms with Crippen molar-refractivity contribution < 1.29 is 8.78 Å². The van der Waals surface area contributed by atoms with Crippen LogP contribution in [0.25, 0.3) is 0 Å². The van der Waals surface area contributed by atoms with Gasteiger partial charge in [0.05, 0.1) is 0 Å². The standard InChI is InChI=1S/C14H19F2N/c1-10-2-3-11(9-17-10)4-5-12-8-13(15)6-7-14(12)16/h6-8,10-11,17H,2-5,9H2,1H3. The second-order valence-corrected chi connectivity index (χ2v) is 5.03. The molecule has 1 aromatic rings. The van der Waals surface area contributed by atoms with Crippen molar-refractivity contribution in [3.05, 3.63) is 35.4 Å². The molecule has 1 aromatic carbocycles. The number of piperidine rings is 1. The molecule has 1 fully saturated rings. The van der Waals surface area contributed by atoms with Gasteiger partial charge < -0.3 is 5.32 Å². The highest BCUT2D eigenvalue weighted by molar-refractivity contribution is 5.18. The van der Waals surface area contributed by atoms with E-state index in [0.29, 0.717) is 23.9 Å². The van der Waals surface area contributed by atoms with E-state index in [1.165, 1.54) is 31.0 Å². The highest BCUT2D eigenvalue weighted by Gasteiger charge is 2.17. The Kier molecular flexibility index (Phi) is 4.11. The van der Waals surface area contributed by atoms with Crippen molar-refractivity contribution in [2.45, 2.75) is 38.6 Å². The summed E-state index contributed by atoms with van der Waals surface area (Å²) in [4.78, 5) is 0. The lowest BCUT2D eigenvalue weighted by atomic mass is 9.90. The first-order chi connectivity index (χ1) is 8.15. The largest absolute Gasteiger partial charge is 0.314 e. The first kappa shape index (κ1) is 12.5. The van der Waals surface area contributed by atoms with Crippen LogP contribution in [0, 0.1) is 17.6 Å². The summed E-state index contributed by atoms with van der Waals surface area (Å²) >= 11 is 0. The van der Waals surface area contributed by atoms with Crippen LogP contribution < -0.4 is 5.32 Å². The Bertz CT molecular complexity index is 370. The van der Waals surface area contributed by atoms with E-state index in [-0.39, 0.29) is 11.6 Å². The summed E-state index contributed by atoms with van der Waals surface area (Å²) in [6.07, 6.45) is 3.92. The first-order valence-corrected chi connectivity index (χ1v) is 6.32. The summed E-state index contributed by atoms with van der Waals surface area (Å²) in [5.74, 6) is -0.0470. The Morgan fingerprint density at radius 3 is 2.82 bits per heavy atom. The second kappa shape index (κ2) is 5.58. The first-order valence-electron chi connectivity index (χ1n) is 6.32. The summed E-state index contributed by atoms with van der Waals surface area (Å²) in [6, 6.07) is 4.29. The Hall–Kier alpha value is -0.960. The van der Waals surface area contributed by atoms with Crippen LogP contribution in [-0.2, 0) is 6.42 Å². The molecule has 1 heterocycles. The number of hydrogen-bond acceptors (Lipinski definition) is 1. The average Bonchev–Trinajstić information content (AvgIpc) is 2.32. The number of hydrogen-bond donors (Lipinski definition) is 1. The molecule has 2 rings (SSSR count). The Morgan fingerprint density at radius 2 is 2.12 bits per heavy atom. The number of rotatable bonds is 3. The van der Waals surface area contributed by atoms with Gasteiger partial charge in [-0.2, -0.15) is 0 Å². The predicted octanol–water partition coefficient (Wildman–Crippen LogP) is 3.29. The van der Waals surface area contributed by atoms with Crippen LogP contribution in [0.5, 0.6) is 0 Å². The predicted molar refractivity (Wildman–Crippen MR) is 64.9 cm³/mol. The fourth-order valence-electron chi connectivity index (χ4n) is 2.40. The van der Waals surface area contributed by atoms with Gasteiger partial charge in [-0.25, -0.2) is 8.78 Å². The quantitative estimate of drug-likeness (QED) is 0.853. The van der Waals surface area contributed by atoms with Crippen LogP contribution >= 0.6 is 0 Å². The third-order valence-corrected chi connectivity index (χ3v) is 3.59. The van der Waals surface area contributed by atoms with Gasteiger partial charge in [-0.15, -0.1) is 0 Å². The molecule has 0 radical (unpaired) electrons. The van der Waals surface area contributed by atoms with Crippen molar-refractivity contribution in [1.29, 1.82) is 0 Å². The maximum absolute atomic E-state index is 13.4. The zero-order chi connectivity index (χ0) is 12.3. The molecule has 3 heteroatoms. The summed E-state index contributed by atoms with van der Waals surface area (Å²) in [7, 11) is 0. The molecule has 1 aliphatic heterocycles. The van der Waals surface area contributed by atoms with E-state index in [1.54, 1.807) is 0 Å². The summed E-state index contributed by atoms with van der Waals surface area (Å²) in [5.41, 5.74) is 0.503. The molecule has 1 nitrogen and oxygen atoms in total. The van der Waals surface area contributed by atoms with Crippen molar-refractivity contribution in [3.8, 4) is 0 Å². The van der Waals surface area contributed by atoms with E-state index < -0.39 is 0 Å². The van der Waals surface area contributed by atoms with Crippen molar-refractivity contribution in [3.63, 3.8) is 0 Å². The molecule has 2 atom stereocenters. The van der Waals surface area contributed by atoms with Gasteiger partial charge in [-0.1, -0.05) is 0 Å². The van der Waals surface area contributed by atoms with Crippen LogP contribution in [-0.4, -0.2) is 12.6 Å². The third kappa shape index (κ3) is 3.50. The third-order valence-electron chi connectivity index (χ3n) is 3.59. The van der Waals surface area contributed by atoms with Gasteiger partial charge in [0.15, 0.2) is 0 Å². The van der Waals surface area contributed by atoms with Crippen molar-refractivity contribution in [1.82, 2.24) is 5.32 Å². The van der Waals surface area contributed by atoms with Crippen molar-refractivity contribution in [2.24, 2.45) is 5.92 Å². The number of aryl methyl sites for hydroxylation is 1. The lowest BCUT2D eigenvalue weighted by molar-refractivity contribution is 0.308. The molecule has 0 bridgehead atoms. The molecule has 0 aromatic heterocycles. The van der Waals surface area contributed by atoms with Crippen LogP contribution in [0.1, 0.15) is 31.7 Å². The minimum atomic E-state index is -0.350. The number of halogens is 2. The topological polar surface area (TPSA) is 12.0 Å². The molecule has 1 N–H and O–H groups in total. The maximum atomic E-state index is 13.4. The normalized spacial score (nSPS) is 24.9. The Morgan fingerprint density at radius 1 is 1.29 bits per heavy atom. The van der Waals surface area contributed by atoms with E-state index in [1.807, 2.05) is 0 Å². The molecule has 0 saturated carbocycles. The average molecular weight is 239 g/mol. The lowest BCUT2D eigenvalue weighted by Crippen LogP contribution is -2.36. The SMILES string of the molecule is CC1CCC(CCc2cc(F)ccc2F)CN1. The molecule has 1 saturated heterocycles. The van der Waals surface area contributed by atoms with Crippen LogP contribution in [0.3, 0.4) is 0 Å². The lowest BCUT2D eigenvalue weighted by Gasteiger charge is -2.27. The van der Waals surface area contributed by atoms with Crippen LogP contribution in [0.15, 0.2) is 18.2 Å². The summed E-state index contributed by atoms with van der Waals surface area (Å²) in [6.45, 7) is 3.18. The fourth-order valence-corrected chi connectivity index (χ4v) is 2.40. The fraction of sp³-hybridized carbons (Fsp3) is 0.571. The summed E-state index contributed by atoms with van der Waals surface area (Å²) in [5, 5.41) is 3.43. The van der Waals surface area contributed by atoms with Crippen molar-refractivity contribution in [2.75, 3.05) is 6.54 Å². The molecule has 0 spiro atoms. The monoisotopic (exact) mass is 239 g/mol. The zero-order valence-electron chi connectivity index (χ0n) is 10.2. The van der Waals surface area contributed by atoms with Gasteiger partial charge in [-0.3, -0.25) is 0 Å². The van der Waals surface area contributed by atoms with Crippen LogP contribution in [0.2, 0.25) is 0 Å². The number of nitrogens with one attached hydrogen (secondary N) is 1. The molecule has 0 aliphatic carbocycles. The Labute approximate surface area is 101 Å². The zero-order valence-corrected chi connectivity index (χ0v) is 10.2. The van der Waals surface area contributed by atoms with E-state index in [2.05, 4.69) is 12.2 Å². The minimum Gasteiger partial charge on any atom is -0.314 e. The molecule has 94 valence electrons. The molecule has 17 heavy (non-hydrogen) atoms. The maximum Gasteiger partial charge on any atom is 0.126 e. The van der Waals surface area contributed by atoms with Gasteiger partial charge in [-0.05, 0) is 68.8 Å². The van der Waals surface area contributed by atoms with E-state index in [4.69, 9.17) is 0 Å². The molecular formula is C14H19F2N. The van der Waals surface area contributed by atoms with E-state index >= 15 is 0 Å². The van der Waals surface area contributed by atoms with Gasteiger partial charge >= 0.3 is 0 Å². The highest BCUT2D eigenvalue weighted by Crippen LogP contribution is 2.21. The molecular weight excluding hydrogens is 220 g/mol. The van der Waals surface area contributed by atoms with Gasteiger partial charge in [0.2, 0.25) is 0 Å². The van der Waals surface area contributed by atoms with Gasteiger partial charge in [0.1, 0.15) is 11.6 Å². The van der Waals surface area contributed by atoms with E-state index in [9.17, 15) is 8.78 Å². The minimum absolute atomic E-state index is 0.288. The molecule has 2 unspecified atom stereocenters. The van der Waals surface area contributed by atoms with Crippen LogP contribution in [0.4, 0.5) is 8.78 Å². The van der Waals surface area contributed by atoms with E-state index in [0.717, 1.165) is 13.0 Å². The number of benzene rings is 1. The smallest absolute Gasteiger partial charge is 0.126 e. The molecule has 1 aliphatic rings. The summed E-state index contributed by atoms with van der Waals surface area (Å²) < 4.78 is 26.4.